The SMILES string of the molecule is C=C(F)C(=O)Nc1cc(C)cc(C(N)=O)c1. The maximum Gasteiger partial charge on any atom is 0.283 e. The number of halogens is 1. The zero-order valence-electron chi connectivity index (χ0n) is 8.71. The molecule has 0 fully saturated rings. The van der Waals surface area contributed by atoms with E-state index in [4.69, 9.17) is 5.73 Å². The van der Waals surface area contributed by atoms with Crippen molar-refractivity contribution in [3.63, 3.8) is 0 Å². The van der Waals surface area contributed by atoms with Crippen LogP contribution < -0.4 is 11.1 Å². The number of nitrogens with one attached hydrogen (secondary N) is 1. The molecule has 0 heterocycles. The Bertz CT molecular complexity index is 469. The molecule has 0 bridgehead atoms. The Morgan fingerprint density at radius 3 is 2.50 bits per heavy atom. The highest BCUT2D eigenvalue weighted by Gasteiger charge is 2.08. The number of primary amides is 1. The van der Waals surface area contributed by atoms with E-state index in [-0.39, 0.29) is 5.56 Å². The van der Waals surface area contributed by atoms with Crippen molar-refractivity contribution in [2.45, 2.75) is 6.92 Å². The fourth-order valence-corrected chi connectivity index (χ4v) is 1.20. The Labute approximate surface area is 91.9 Å². The number of hydrogen-bond acceptors (Lipinski definition) is 2. The van der Waals surface area contributed by atoms with Gasteiger partial charge in [0.05, 0.1) is 0 Å². The molecule has 4 nitrogen and oxygen atoms in total. The molecule has 3 N–H and O–H groups in total. The summed E-state index contributed by atoms with van der Waals surface area (Å²) in [6, 6.07) is 4.53. The van der Waals surface area contributed by atoms with E-state index >= 15 is 0 Å². The standard InChI is InChI=1S/C11H11FN2O2/c1-6-3-8(10(13)15)5-9(4-6)14-11(16)7(2)12/h3-5H,2H2,1H3,(H2,13,15)(H,14,16). The van der Waals surface area contributed by atoms with Gasteiger partial charge in [-0.3, -0.25) is 9.59 Å². The molecular formula is C11H11FN2O2. The van der Waals surface area contributed by atoms with E-state index < -0.39 is 17.6 Å². The Kier molecular flexibility index (Phi) is 3.40. The van der Waals surface area contributed by atoms with Crippen molar-refractivity contribution in [3.05, 3.63) is 41.7 Å². The zero-order chi connectivity index (χ0) is 12.3. The molecular weight excluding hydrogens is 211 g/mol. The largest absolute Gasteiger partial charge is 0.366 e. The molecule has 0 aliphatic carbocycles. The van der Waals surface area contributed by atoms with E-state index in [1.54, 1.807) is 19.1 Å². The molecule has 1 aromatic rings. The third-order valence-corrected chi connectivity index (χ3v) is 1.87. The summed E-state index contributed by atoms with van der Waals surface area (Å²) in [5.41, 5.74) is 6.38. The van der Waals surface area contributed by atoms with Crippen LogP contribution in [-0.4, -0.2) is 11.8 Å². The summed E-state index contributed by atoms with van der Waals surface area (Å²) < 4.78 is 12.4. The fraction of sp³-hybridized carbons (Fsp3) is 0.0909. The van der Waals surface area contributed by atoms with Crippen LogP contribution in [0.5, 0.6) is 0 Å². The minimum absolute atomic E-state index is 0.250. The summed E-state index contributed by atoms with van der Waals surface area (Å²) >= 11 is 0. The van der Waals surface area contributed by atoms with Gasteiger partial charge < -0.3 is 11.1 Å². The van der Waals surface area contributed by atoms with Gasteiger partial charge >= 0.3 is 0 Å². The van der Waals surface area contributed by atoms with Crippen molar-refractivity contribution >= 4 is 17.5 Å². The van der Waals surface area contributed by atoms with E-state index in [1.807, 2.05) is 0 Å². The average Bonchev–Trinajstić information content (AvgIpc) is 2.16. The molecule has 0 aliphatic heterocycles. The zero-order valence-corrected chi connectivity index (χ0v) is 8.71. The van der Waals surface area contributed by atoms with Gasteiger partial charge in [-0.25, -0.2) is 4.39 Å². The molecule has 84 valence electrons. The lowest BCUT2D eigenvalue weighted by molar-refractivity contribution is -0.114. The summed E-state index contributed by atoms with van der Waals surface area (Å²) in [5.74, 6) is -2.65. The molecule has 2 amide bonds. The first-order valence-corrected chi connectivity index (χ1v) is 4.47. The first-order valence-electron chi connectivity index (χ1n) is 4.47. The lowest BCUT2D eigenvalue weighted by Crippen LogP contribution is -2.14. The Balaban J connectivity index is 3.01. The van der Waals surface area contributed by atoms with Crippen molar-refractivity contribution < 1.29 is 14.0 Å². The van der Waals surface area contributed by atoms with Gasteiger partial charge in [-0.15, -0.1) is 0 Å². The molecule has 0 spiro atoms. The van der Waals surface area contributed by atoms with Crippen LogP contribution in [0.2, 0.25) is 0 Å². The van der Waals surface area contributed by atoms with Crippen LogP contribution in [0.15, 0.2) is 30.6 Å². The van der Waals surface area contributed by atoms with Gasteiger partial charge in [0.2, 0.25) is 5.91 Å². The summed E-state index contributed by atoms with van der Waals surface area (Å²) in [6.45, 7) is 4.59. The maximum absolute atomic E-state index is 12.4. The molecule has 0 saturated heterocycles. The highest BCUT2D eigenvalue weighted by Crippen LogP contribution is 2.15. The van der Waals surface area contributed by atoms with Gasteiger partial charge in [0.25, 0.3) is 5.91 Å². The number of rotatable bonds is 3. The number of benzene rings is 1. The smallest absolute Gasteiger partial charge is 0.283 e. The van der Waals surface area contributed by atoms with Gasteiger partial charge in [-0.05, 0) is 30.7 Å². The predicted octanol–water partition coefficient (Wildman–Crippen LogP) is 1.52. The van der Waals surface area contributed by atoms with Crippen molar-refractivity contribution in [2.75, 3.05) is 5.32 Å². The van der Waals surface area contributed by atoms with Gasteiger partial charge in [0.15, 0.2) is 5.83 Å². The van der Waals surface area contributed by atoms with Crippen LogP contribution in [0.3, 0.4) is 0 Å². The van der Waals surface area contributed by atoms with E-state index in [1.165, 1.54) is 6.07 Å². The number of carbonyl (C=O) groups excluding carboxylic acids is 2. The monoisotopic (exact) mass is 222 g/mol. The molecule has 0 atom stereocenters. The number of nitrogens with two attached hydrogens (primary N) is 1. The van der Waals surface area contributed by atoms with E-state index in [9.17, 15) is 14.0 Å². The summed E-state index contributed by atoms with van der Waals surface area (Å²) in [5, 5.41) is 2.26. The first kappa shape index (κ1) is 11.9. The molecule has 5 heteroatoms. The molecule has 0 aliphatic rings. The second-order valence-electron chi connectivity index (χ2n) is 3.31. The second-order valence-corrected chi connectivity index (χ2v) is 3.31. The molecule has 16 heavy (non-hydrogen) atoms. The number of hydrogen-bond donors (Lipinski definition) is 2. The van der Waals surface area contributed by atoms with Crippen LogP contribution in [0.4, 0.5) is 10.1 Å². The highest BCUT2D eigenvalue weighted by molar-refractivity contribution is 6.02. The number of carbonyl (C=O) groups is 2. The Hall–Kier alpha value is -2.17. The Morgan fingerprint density at radius 2 is 2.00 bits per heavy atom. The average molecular weight is 222 g/mol. The molecule has 0 aromatic heterocycles. The minimum atomic E-state index is -1.10. The van der Waals surface area contributed by atoms with Crippen molar-refractivity contribution in [1.82, 2.24) is 0 Å². The lowest BCUT2D eigenvalue weighted by atomic mass is 10.1. The summed E-state index contributed by atoms with van der Waals surface area (Å²) in [7, 11) is 0. The highest BCUT2D eigenvalue weighted by atomic mass is 19.1. The topological polar surface area (TPSA) is 72.2 Å². The molecule has 0 radical (unpaired) electrons. The second kappa shape index (κ2) is 4.57. The molecule has 0 unspecified atom stereocenters. The van der Waals surface area contributed by atoms with Crippen LogP contribution >= 0.6 is 0 Å². The Morgan fingerprint density at radius 1 is 1.38 bits per heavy atom. The van der Waals surface area contributed by atoms with Crippen LogP contribution in [0, 0.1) is 6.92 Å². The third-order valence-electron chi connectivity index (χ3n) is 1.87. The van der Waals surface area contributed by atoms with Crippen molar-refractivity contribution in [2.24, 2.45) is 5.73 Å². The summed E-state index contributed by atoms with van der Waals surface area (Å²) in [4.78, 5) is 21.9. The van der Waals surface area contributed by atoms with Crippen LogP contribution in [-0.2, 0) is 4.79 Å². The maximum atomic E-state index is 12.4. The van der Waals surface area contributed by atoms with Gasteiger partial charge in [-0.2, -0.15) is 0 Å². The lowest BCUT2D eigenvalue weighted by Gasteiger charge is -2.06. The first-order chi connectivity index (χ1) is 7.40. The number of amides is 2. The predicted molar refractivity (Wildman–Crippen MR) is 58.6 cm³/mol. The molecule has 1 rings (SSSR count). The fourth-order valence-electron chi connectivity index (χ4n) is 1.20. The van der Waals surface area contributed by atoms with Crippen LogP contribution in [0.25, 0.3) is 0 Å². The van der Waals surface area contributed by atoms with Crippen LogP contribution in [0.1, 0.15) is 15.9 Å². The molecule has 1 aromatic carbocycles. The van der Waals surface area contributed by atoms with E-state index in [0.717, 1.165) is 5.56 Å². The summed E-state index contributed by atoms with van der Waals surface area (Å²) in [6.07, 6.45) is 0. The number of anilines is 1. The molecule has 0 saturated carbocycles. The normalized spacial score (nSPS) is 9.62. The van der Waals surface area contributed by atoms with Gasteiger partial charge in [0.1, 0.15) is 0 Å². The van der Waals surface area contributed by atoms with Gasteiger partial charge in [-0.1, -0.05) is 6.58 Å². The van der Waals surface area contributed by atoms with Crippen molar-refractivity contribution in [1.29, 1.82) is 0 Å². The van der Waals surface area contributed by atoms with E-state index in [2.05, 4.69) is 11.9 Å². The number of aryl methyl sites for hydroxylation is 1. The third kappa shape index (κ3) is 2.91. The van der Waals surface area contributed by atoms with Gasteiger partial charge in [0, 0.05) is 11.3 Å². The quantitative estimate of drug-likeness (QED) is 0.761. The van der Waals surface area contributed by atoms with Crippen molar-refractivity contribution in [3.8, 4) is 0 Å². The minimum Gasteiger partial charge on any atom is -0.366 e. The van der Waals surface area contributed by atoms with E-state index in [0.29, 0.717) is 5.69 Å².